The van der Waals surface area contributed by atoms with Crippen molar-refractivity contribution < 1.29 is 4.74 Å². The Kier molecular flexibility index (Phi) is 14.5. The highest BCUT2D eigenvalue weighted by Crippen LogP contribution is 2.27. The molecule has 0 fully saturated rings. The van der Waals surface area contributed by atoms with E-state index in [9.17, 15) is 0 Å². The third-order valence-electron chi connectivity index (χ3n) is 4.61. The van der Waals surface area contributed by atoms with Crippen molar-refractivity contribution in [2.24, 2.45) is 11.8 Å². The average Bonchev–Trinajstić information content (AvgIpc) is 2.52. The summed E-state index contributed by atoms with van der Waals surface area (Å²) in [6.45, 7) is 8.96. The summed E-state index contributed by atoms with van der Waals surface area (Å²) in [5.74, 6) is 2.30. The highest BCUT2D eigenvalue weighted by Gasteiger charge is 2.27. The highest BCUT2D eigenvalue weighted by molar-refractivity contribution is 6.18. The summed E-state index contributed by atoms with van der Waals surface area (Å²) < 4.78 is 6.39. The molecule has 0 aromatic rings. The molecule has 0 saturated heterocycles. The van der Waals surface area contributed by atoms with Crippen LogP contribution in [0.1, 0.15) is 79.1 Å². The summed E-state index contributed by atoms with van der Waals surface area (Å²) in [6, 6.07) is 0. The lowest BCUT2D eigenvalue weighted by molar-refractivity contribution is -0.0522. The molecule has 21 heavy (non-hydrogen) atoms. The molecule has 0 rings (SSSR count). The van der Waals surface area contributed by atoms with Crippen molar-refractivity contribution in [1.82, 2.24) is 0 Å². The normalized spacial score (nSPS) is 17.4. The van der Waals surface area contributed by atoms with Crippen LogP contribution in [0.2, 0.25) is 0 Å². The first kappa shape index (κ1) is 21.5. The van der Waals surface area contributed by atoms with Crippen LogP contribution in [-0.4, -0.2) is 24.0 Å². The third-order valence-corrected chi connectivity index (χ3v) is 5.22. The van der Waals surface area contributed by atoms with Crippen LogP contribution in [0.15, 0.2) is 0 Å². The SMILES string of the molecule is CCCCC(CC)C(CCl)OC(CCl)C(CC)CCCC. The molecule has 0 saturated carbocycles. The summed E-state index contributed by atoms with van der Waals surface area (Å²) in [5, 5.41) is 0. The second-order valence-corrected chi connectivity index (χ2v) is 6.76. The van der Waals surface area contributed by atoms with Crippen molar-refractivity contribution in [1.29, 1.82) is 0 Å². The molecule has 1 nitrogen and oxygen atoms in total. The fraction of sp³-hybridized carbons (Fsp3) is 1.00. The minimum atomic E-state index is 0.155. The zero-order chi connectivity index (χ0) is 16.1. The van der Waals surface area contributed by atoms with Gasteiger partial charge in [-0.05, 0) is 24.7 Å². The molecule has 0 aliphatic rings. The van der Waals surface area contributed by atoms with E-state index < -0.39 is 0 Å². The number of rotatable bonds is 14. The first-order valence-corrected chi connectivity index (χ1v) is 10.0. The van der Waals surface area contributed by atoms with Gasteiger partial charge in [0.05, 0.1) is 12.2 Å². The summed E-state index contributed by atoms with van der Waals surface area (Å²) in [4.78, 5) is 0. The van der Waals surface area contributed by atoms with Gasteiger partial charge in [-0.2, -0.15) is 0 Å². The zero-order valence-electron chi connectivity index (χ0n) is 14.5. The lowest BCUT2D eigenvalue weighted by Crippen LogP contribution is -2.35. The fourth-order valence-electron chi connectivity index (χ4n) is 3.01. The number of hydrogen-bond donors (Lipinski definition) is 0. The van der Waals surface area contributed by atoms with Crippen molar-refractivity contribution in [2.75, 3.05) is 11.8 Å². The van der Waals surface area contributed by atoms with Gasteiger partial charge in [0, 0.05) is 11.8 Å². The largest absolute Gasteiger partial charge is 0.372 e. The minimum Gasteiger partial charge on any atom is -0.372 e. The van der Waals surface area contributed by atoms with Crippen LogP contribution in [0, 0.1) is 11.8 Å². The van der Waals surface area contributed by atoms with E-state index in [1.807, 2.05) is 0 Å². The van der Waals surface area contributed by atoms with Gasteiger partial charge in [0.1, 0.15) is 0 Å². The smallest absolute Gasteiger partial charge is 0.0742 e. The van der Waals surface area contributed by atoms with Crippen molar-refractivity contribution in [3.63, 3.8) is 0 Å². The van der Waals surface area contributed by atoms with Gasteiger partial charge in [-0.25, -0.2) is 0 Å². The number of hydrogen-bond acceptors (Lipinski definition) is 1. The number of halogens is 2. The fourth-order valence-corrected chi connectivity index (χ4v) is 3.66. The monoisotopic (exact) mass is 338 g/mol. The molecule has 0 spiro atoms. The topological polar surface area (TPSA) is 9.23 Å². The van der Waals surface area contributed by atoms with E-state index >= 15 is 0 Å². The Balaban J connectivity index is 4.62. The number of ether oxygens (including phenoxy) is 1. The summed E-state index contributed by atoms with van der Waals surface area (Å²) in [7, 11) is 0. The predicted octanol–water partition coefficient (Wildman–Crippen LogP) is 6.65. The molecule has 0 aliphatic heterocycles. The molecular formula is C18H36Cl2O. The van der Waals surface area contributed by atoms with Crippen LogP contribution in [0.5, 0.6) is 0 Å². The molecule has 0 aliphatic carbocycles. The Morgan fingerprint density at radius 2 is 1.10 bits per heavy atom. The summed E-state index contributed by atoms with van der Waals surface area (Å²) in [5.41, 5.74) is 0. The van der Waals surface area contributed by atoms with Crippen molar-refractivity contribution in [2.45, 2.75) is 91.3 Å². The van der Waals surface area contributed by atoms with Crippen LogP contribution < -0.4 is 0 Å². The minimum absolute atomic E-state index is 0.155. The maximum Gasteiger partial charge on any atom is 0.0742 e. The van der Waals surface area contributed by atoms with E-state index in [4.69, 9.17) is 27.9 Å². The van der Waals surface area contributed by atoms with Crippen molar-refractivity contribution in [3.8, 4) is 0 Å². The van der Waals surface area contributed by atoms with Gasteiger partial charge < -0.3 is 4.74 Å². The molecule has 4 atom stereocenters. The van der Waals surface area contributed by atoms with Gasteiger partial charge in [0.15, 0.2) is 0 Å². The van der Waals surface area contributed by atoms with Gasteiger partial charge in [-0.15, -0.1) is 23.2 Å². The standard InChI is InChI=1S/C18H36Cl2O/c1-5-9-11-15(7-3)17(13-19)21-18(14-20)16(8-4)12-10-6-2/h15-18H,5-14H2,1-4H3. The molecule has 0 aromatic heterocycles. The number of alkyl halides is 2. The van der Waals surface area contributed by atoms with Gasteiger partial charge in [-0.1, -0.05) is 66.2 Å². The van der Waals surface area contributed by atoms with E-state index in [1.54, 1.807) is 0 Å². The van der Waals surface area contributed by atoms with Crippen molar-refractivity contribution >= 4 is 23.2 Å². The molecule has 0 heterocycles. The van der Waals surface area contributed by atoms with E-state index in [1.165, 1.54) is 38.5 Å². The molecule has 0 radical (unpaired) electrons. The van der Waals surface area contributed by atoms with Crippen LogP contribution >= 0.6 is 23.2 Å². The maximum absolute atomic E-state index is 6.39. The quantitative estimate of drug-likeness (QED) is 0.322. The molecule has 0 amide bonds. The Bertz CT molecular complexity index is 201. The average molecular weight is 339 g/mol. The third kappa shape index (κ3) is 8.67. The summed E-state index contributed by atoms with van der Waals surface area (Å²) in [6.07, 6.45) is 10.00. The molecule has 0 aromatic carbocycles. The first-order valence-electron chi connectivity index (χ1n) is 8.95. The Morgan fingerprint density at radius 3 is 1.33 bits per heavy atom. The van der Waals surface area contributed by atoms with Crippen molar-refractivity contribution in [3.05, 3.63) is 0 Å². The van der Waals surface area contributed by atoms with Gasteiger partial charge in [0.2, 0.25) is 0 Å². The van der Waals surface area contributed by atoms with E-state index in [0.29, 0.717) is 23.6 Å². The Hall–Kier alpha value is 0.540. The van der Waals surface area contributed by atoms with E-state index in [-0.39, 0.29) is 12.2 Å². The Labute approximate surface area is 143 Å². The molecule has 128 valence electrons. The second kappa shape index (κ2) is 14.2. The molecular weight excluding hydrogens is 303 g/mol. The zero-order valence-corrected chi connectivity index (χ0v) is 16.1. The highest BCUT2D eigenvalue weighted by atomic mass is 35.5. The maximum atomic E-state index is 6.39. The molecule has 0 bridgehead atoms. The predicted molar refractivity (Wildman–Crippen MR) is 96.7 cm³/mol. The second-order valence-electron chi connectivity index (χ2n) is 6.14. The first-order chi connectivity index (χ1) is 10.2. The number of unbranched alkanes of at least 4 members (excludes halogenated alkanes) is 2. The Morgan fingerprint density at radius 1 is 0.714 bits per heavy atom. The van der Waals surface area contributed by atoms with E-state index in [0.717, 1.165) is 12.8 Å². The molecule has 0 N–H and O–H groups in total. The molecule has 3 heteroatoms. The lowest BCUT2D eigenvalue weighted by atomic mass is 9.91. The van der Waals surface area contributed by atoms with Crippen LogP contribution in [0.4, 0.5) is 0 Å². The molecule has 4 unspecified atom stereocenters. The van der Waals surface area contributed by atoms with E-state index in [2.05, 4.69) is 27.7 Å². The van der Waals surface area contributed by atoms with Gasteiger partial charge >= 0.3 is 0 Å². The summed E-state index contributed by atoms with van der Waals surface area (Å²) >= 11 is 12.4. The van der Waals surface area contributed by atoms with Gasteiger partial charge in [0.25, 0.3) is 0 Å². The van der Waals surface area contributed by atoms with Crippen LogP contribution in [-0.2, 0) is 4.74 Å². The van der Waals surface area contributed by atoms with Crippen LogP contribution in [0.25, 0.3) is 0 Å². The lowest BCUT2D eigenvalue weighted by Gasteiger charge is -2.32. The van der Waals surface area contributed by atoms with Gasteiger partial charge in [-0.3, -0.25) is 0 Å². The van der Waals surface area contributed by atoms with Crippen LogP contribution in [0.3, 0.4) is 0 Å².